The number of likely N-dealkylation sites (N-methyl/N-ethyl adjacent to an activating group) is 1. The third-order valence-corrected chi connectivity index (χ3v) is 5.84. The monoisotopic (exact) mass is 388 g/mol. The molecule has 140 valence electrons. The van der Waals surface area contributed by atoms with Crippen LogP contribution >= 0.6 is 11.3 Å². The molecule has 0 N–H and O–H groups in total. The van der Waals surface area contributed by atoms with Crippen LogP contribution in [-0.4, -0.2) is 32.6 Å². The molecule has 1 atom stereocenters. The number of carbonyl (C=O) groups is 1. The van der Waals surface area contributed by atoms with Crippen LogP contribution in [-0.2, 0) is 4.79 Å². The molecule has 0 aliphatic carbocycles. The highest BCUT2D eigenvalue weighted by Gasteiger charge is 2.19. The Balaban J connectivity index is 1.46. The maximum atomic E-state index is 12.6. The number of benzene rings is 2. The lowest BCUT2D eigenvalue weighted by Gasteiger charge is -2.21. The highest BCUT2D eigenvalue weighted by atomic mass is 32.1. The number of rotatable bonds is 5. The van der Waals surface area contributed by atoms with Gasteiger partial charge in [-0.2, -0.15) is 5.10 Å². The number of hydrogen-bond donors (Lipinski definition) is 0. The second-order valence-corrected chi connectivity index (χ2v) is 7.59. The first-order valence-electron chi connectivity index (χ1n) is 9.02. The van der Waals surface area contributed by atoms with Gasteiger partial charge < -0.3 is 4.90 Å². The zero-order valence-electron chi connectivity index (χ0n) is 15.7. The van der Waals surface area contributed by atoms with Crippen LogP contribution in [0.5, 0.6) is 0 Å². The van der Waals surface area contributed by atoms with Gasteiger partial charge in [-0.3, -0.25) is 4.79 Å². The topological polar surface area (TPSA) is 51.0 Å². The molecule has 0 radical (unpaired) electrons. The van der Waals surface area contributed by atoms with Crippen LogP contribution in [0.4, 0.5) is 0 Å². The molecule has 0 saturated carbocycles. The molecular formula is C22H20N4OS. The Bertz CT molecular complexity index is 1100. The van der Waals surface area contributed by atoms with Gasteiger partial charge in [0.15, 0.2) is 0 Å². The fourth-order valence-corrected chi connectivity index (χ4v) is 3.92. The zero-order valence-corrected chi connectivity index (χ0v) is 16.5. The van der Waals surface area contributed by atoms with Gasteiger partial charge in [0, 0.05) is 24.9 Å². The second kappa shape index (κ2) is 7.78. The van der Waals surface area contributed by atoms with Gasteiger partial charge in [0.2, 0.25) is 5.91 Å². The van der Waals surface area contributed by atoms with Gasteiger partial charge in [-0.1, -0.05) is 30.3 Å². The van der Waals surface area contributed by atoms with Crippen molar-refractivity contribution >= 4 is 33.5 Å². The predicted molar refractivity (Wildman–Crippen MR) is 113 cm³/mol. The molecule has 2 heterocycles. The van der Waals surface area contributed by atoms with Crippen molar-refractivity contribution in [2.45, 2.75) is 13.0 Å². The number of amides is 1. The van der Waals surface area contributed by atoms with Gasteiger partial charge in [0.25, 0.3) is 0 Å². The van der Waals surface area contributed by atoms with E-state index in [-0.39, 0.29) is 11.9 Å². The number of hydrogen-bond acceptors (Lipinski definition) is 4. The molecule has 4 aromatic rings. The average Bonchev–Trinajstić information content (AvgIpc) is 3.38. The lowest BCUT2D eigenvalue weighted by Crippen LogP contribution is -2.27. The summed E-state index contributed by atoms with van der Waals surface area (Å²) in [5, 5.41) is 5.28. The summed E-state index contributed by atoms with van der Waals surface area (Å²) in [5.41, 5.74) is 2.83. The van der Waals surface area contributed by atoms with Gasteiger partial charge in [0.05, 0.1) is 28.1 Å². The maximum Gasteiger partial charge on any atom is 0.246 e. The van der Waals surface area contributed by atoms with Crippen LogP contribution in [0.1, 0.15) is 23.5 Å². The molecule has 2 aromatic heterocycles. The van der Waals surface area contributed by atoms with Gasteiger partial charge in [-0.05, 0) is 37.3 Å². The number of carbonyl (C=O) groups excluding carboxylic acids is 1. The summed E-state index contributed by atoms with van der Waals surface area (Å²) in [7, 11) is 1.80. The zero-order chi connectivity index (χ0) is 19.5. The molecule has 6 heteroatoms. The standard InChI is InChI=1S/C22H20N4OS/c1-16(22-24-19-10-6-7-11-20(19)28-22)25(2)21(27)13-12-17-14-23-26(15-17)18-8-4-3-5-9-18/h3-16H,1-2H3/b13-12+. The minimum atomic E-state index is -0.0957. The number of para-hydroxylation sites is 2. The first-order chi connectivity index (χ1) is 13.6. The van der Waals surface area contributed by atoms with E-state index >= 15 is 0 Å². The molecule has 0 spiro atoms. The van der Waals surface area contributed by atoms with E-state index in [1.807, 2.05) is 61.7 Å². The van der Waals surface area contributed by atoms with Gasteiger partial charge >= 0.3 is 0 Å². The minimum absolute atomic E-state index is 0.0702. The summed E-state index contributed by atoms with van der Waals surface area (Å²) in [6.45, 7) is 2.00. The molecule has 0 fully saturated rings. The molecular weight excluding hydrogens is 368 g/mol. The van der Waals surface area contributed by atoms with E-state index in [2.05, 4.69) is 16.1 Å². The molecule has 0 aliphatic heterocycles. The molecule has 0 aliphatic rings. The summed E-state index contributed by atoms with van der Waals surface area (Å²) in [5.74, 6) is -0.0702. The minimum Gasteiger partial charge on any atom is -0.333 e. The number of thiazole rings is 1. The smallest absolute Gasteiger partial charge is 0.246 e. The van der Waals surface area contributed by atoms with E-state index in [9.17, 15) is 4.79 Å². The van der Waals surface area contributed by atoms with E-state index in [0.717, 1.165) is 26.5 Å². The fourth-order valence-electron chi connectivity index (χ4n) is 2.86. The van der Waals surface area contributed by atoms with E-state index in [1.54, 1.807) is 46.3 Å². The normalized spacial score (nSPS) is 12.5. The highest BCUT2D eigenvalue weighted by molar-refractivity contribution is 7.18. The summed E-state index contributed by atoms with van der Waals surface area (Å²) in [6.07, 6.45) is 7.01. The van der Waals surface area contributed by atoms with Crippen molar-refractivity contribution in [3.63, 3.8) is 0 Å². The van der Waals surface area contributed by atoms with Gasteiger partial charge in [0.1, 0.15) is 5.01 Å². The predicted octanol–water partition coefficient (Wildman–Crippen LogP) is 4.71. The average molecular weight is 388 g/mol. The van der Waals surface area contributed by atoms with Crippen LogP contribution in [0.25, 0.3) is 22.0 Å². The molecule has 5 nitrogen and oxygen atoms in total. The van der Waals surface area contributed by atoms with E-state index in [4.69, 9.17) is 0 Å². The Labute approximate surface area is 167 Å². The van der Waals surface area contributed by atoms with E-state index in [0.29, 0.717) is 0 Å². The quantitative estimate of drug-likeness (QED) is 0.465. The maximum absolute atomic E-state index is 12.6. The summed E-state index contributed by atoms with van der Waals surface area (Å²) in [4.78, 5) is 19.0. The van der Waals surface area contributed by atoms with Gasteiger partial charge in [-0.25, -0.2) is 9.67 Å². The first kappa shape index (κ1) is 18.1. The summed E-state index contributed by atoms with van der Waals surface area (Å²) in [6, 6.07) is 17.8. The van der Waals surface area contributed by atoms with Crippen LogP contribution in [0.3, 0.4) is 0 Å². The third kappa shape index (κ3) is 3.73. The Morgan fingerprint density at radius 1 is 1.14 bits per heavy atom. The van der Waals surface area contributed by atoms with Crippen molar-refractivity contribution in [3.8, 4) is 5.69 Å². The molecule has 2 aromatic carbocycles. The summed E-state index contributed by atoms with van der Waals surface area (Å²) >= 11 is 1.62. The third-order valence-electron chi connectivity index (χ3n) is 4.64. The fraction of sp³-hybridized carbons (Fsp3) is 0.136. The Morgan fingerprint density at radius 3 is 2.68 bits per heavy atom. The largest absolute Gasteiger partial charge is 0.333 e. The van der Waals surface area contributed by atoms with Crippen LogP contribution in [0, 0.1) is 0 Å². The van der Waals surface area contributed by atoms with Crippen molar-refractivity contribution in [1.82, 2.24) is 19.7 Å². The number of fused-ring (bicyclic) bond motifs is 1. The second-order valence-electron chi connectivity index (χ2n) is 6.53. The first-order valence-corrected chi connectivity index (χ1v) is 9.84. The molecule has 4 rings (SSSR count). The lowest BCUT2D eigenvalue weighted by atomic mass is 10.2. The van der Waals surface area contributed by atoms with Crippen molar-refractivity contribution in [2.24, 2.45) is 0 Å². The molecule has 0 saturated heterocycles. The van der Waals surface area contributed by atoms with Crippen molar-refractivity contribution < 1.29 is 4.79 Å². The molecule has 1 unspecified atom stereocenters. The van der Waals surface area contributed by atoms with Crippen molar-refractivity contribution in [1.29, 1.82) is 0 Å². The molecule has 1 amide bonds. The van der Waals surface area contributed by atoms with E-state index < -0.39 is 0 Å². The summed E-state index contributed by atoms with van der Waals surface area (Å²) < 4.78 is 2.92. The lowest BCUT2D eigenvalue weighted by molar-refractivity contribution is -0.126. The Hall–Kier alpha value is -3.25. The van der Waals surface area contributed by atoms with Gasteiger partial charge in [-0.15, -0.1) is 11.3 Å². The van der Waals surface area contributed by atoms with Crippen LogP contribution < -0.4 is 0 Å². The van der Waals surface area contributed by atoms with Crippen LogP contribution in [0.2, 0.25) is 0 Å². The van der Waals surface area contributed by atoms with E-state index in [1.165, 1.54) is 0 Å². The Morgan fingerprint density at radius 2 is 1.89 bits per heavy atom. The Kier molecular flexibility index (Phi) is 5.04. The van der Waals surface area contributed by atoms with Crippen LogP contribution in [0.15, 0.2) is 73.1 Å². The molecule has 28 heavy (non-hydrogen) atoms. The van der Waals surface area contributed by atoms with Crippen molar-refractivity contribution in [3.05, 3.63) is 83.6 Å². The molecule has 0 bridgehead atoms. The SMILES string of the molecule is CC(c1nc2ccccc2s1)N(C)C(=O)/C=C/c1cnn(-c2ccccc2)c1. The van der Waals surface area contributed by atoms with Crippen molar-refractivity contribution in [2.75, 3.05) is 7.05 Å². The number of nitrogens with zero attached hydrogens (tertiary/aromatic N) is 4. The highest BCUT2D eigenvalue weighted by Crippen LogP contribution is 2.28. The number of aromatic nitrogens is 3.